The van der Waals surface area contributed by atoms with Gasteiger partial charge in [0.05, 0.1) is 22.8 Å². The smallest absolute Gasteiger partial charge is 0.312 e. The predicted octanol–water partition coefficient (Wildman–Crippen LogP) is 2.69. The van der Waals surface area contributed by atoms with Crippen LogP contribution in [0.2, 0.25) is 0 Å². The van der Waals surface area contributed by atoms with Crippen LogP contribution in [0.5, 0.6) is 5.75 Å². The predicted molar refractivity (Wildman–Crippen MR) is 72.2 cm³/mol. The zero-order valence-corrected chi connectivity index (χ0v) is 11.7. The van der Waals surface area contributed by atoms with Gasteiger partial charge < -0.3 is 4.74 Å². The lowest BCUT2D eigenvalue weighted by atomic mass is 10.1. The van der Waals surface area contributed by atoms with Crippen molar-refractivity contribution in [1.29, 1.82) is 0 Å². The third-order valence-corrected chi connectivity index (χ3v) is 3.47. The molecule has 0 spiro atoms. The molecule has 3 rings (SSSR count). The first-order valence-electron chi connectivity index (χ1n) is 5.70. The molecule has 1 aromatic heterocycles. The Labute approximate surface area is 117 Å². The highest BCUT2D eigenvalue weighted by atomic mass is 79.9. The van der Waals surface area contributed by atoms with Gasteiger partial charge in [0.15, 0.2) is 0 Å². The minimum atomic E-state index is -0.433. The van der Waals surface area contributed by atoms with E-state index in [0.717, 1.165) is 11.3 Å². The fraction of sp³-hybridized carbons (Fsp3) is 0.250. The number of nitro groups is 1. The van der Waals surface area contributed by atoms with Crippen molar-refractivity contribution in [3.8, 4) is 17.0 Å². The molecule has 1 aliphatic rings. The van der Waals surface area contributed by atoms with Crippen LogP contribution in [0.3, 0.4) is 0 Å². The first-order valence-corrected chi connectivity index (χ1v) is 6.49. The average molecular weight is 324 g/mol. The summed E-state index contributed by atoms with van der Waals surface area (Å²) in [6.07, 6.45) is 2.60. The topological polar surface area (TPSA) is 70.2 Å². The first kappa shape index (κ1) is 12.2. The average Bonchev–Trinajstić information content (AvgIpc) is 2.63. The molecule has 2 aromatic rings. The molecule has 0 radical (unpaired) electrons. The Morgan fingerprint density at radius 1 is 1.53 bits per heavy atom. The van der Waals surface area contributed by atoms with Crippen molar-refractivity contribution >= 4 is 21.6 Å². The third kappa shape index (κ3) is 1.99. The van der Waals surface area contributed by atoms with Gasteiger partial charge in [0.1, 0.15) is 0 Å². The summed E-state index contributed by atoms with van der Waals surface area (Å²) in [5.41, 5.74) is 2.41. The molecule has 7 heteroatoms. The van der Waals surface area contributed by atoms with Gasteiger partial charge in [0.2, 0.25) is 5.75 Å². The lowest BCUT2D eigenvalue weighted by molar-refractivity contribution is -0.385. The maximum atomic E-state index is 11.1. The highest BCUT2D eigenvalue weighted by Crippen LogP contribution is 2.42. The molecule has 2 heterocycles. The van der Waals surface area contributed by atoms with Crippen LogP contribution in [-0.4, -0.2) is 21.3 Å². The monoisotopic (exact) mass is 323 g/mol. The number of halogens is 1. The Bertz CT molecular complexity index is 681. The summed E-state index contributed by atoms with van der Waals surface area (Å²) < 4.78 is 7.92. The Morgan fingerprint density at radius 3 is 3.05 bits per heavy atom. The van der Waals surface area contributed by atoms with Gasteiger partial charge in [-0.15, -0.1) is 0 Å². The molecule has 0 unspecified atom stereocenters. The van der Waals surface area contributed by atoms with Crippen LogP contribution in [-0.2, 0) is 13.5 Å². The Balaban J connectivity index is 2.32. The molecule has 0 amide bonds. The molecule has 0 aliphatic carbocycles. The zero-order chi connectivity index (χ0) is 13.6. The second-order valence-electron chi connectivity index (χ2n) is 4.33. The van der Waals surface area contributed by atoms with E-state index in [9.17, 15) is 10.1 Å². The zero-order valence-electron chi connectivity index (χ0n) is 10.1. The molecule has 6 nitrogen and oxygen atoms in total. The molecule has 19 heavy (non-hydrogen) atoms. The minimum Gasteiger partial charge on any atom is -0.486 e. The molecule has 0 saturated carbocycles. The lowest BCUT2D eigenvalue weighted by Gasteiger charge is -2.08. The summed E-state index contributed by atoms with van der Waals surface area (Å²) >= 11 is 3.30. The van der Waals surface area contributed by atoms with Gasteiger partial charge in [-0.05, 0) is 6.07 Å². The van der Waals surface area contributed by atoms with Crippen molar-refractivity contribution < 1.29 is 9.66 Å². The maximum absolute atomic E-state index is 11.1. The summed E-state index contributed by atoms with van der Waals surface area (Å²) in [5, 5.41) is 15.5. The van der Waals surface area contributed by atoms with E-state index in [1.165, 1.54) is 6.07 Å². The highest BCUT2D eigenvalue weighted by molar-refractivity contribution is 9.10. The van der Waals surface area contributed by atoms with E-state index in [-0.39, 0.29) is 5.69 Å². The van der Waals surface area contributed by atoms with Gasteiger partial charge in [-0.2, -0.15) is 5.10 Å². The lowest BCUT2D eigenvalue weighted by Crippen LogP contribution is -2.02. The number of hydrogen-bond donors (Lipinski definition) is 0. The standard InChI is InChI=1S/C12H10BrN3O3/c1-15-6-7-2-3-19-12-9(11(7)14-15)4-8(13)5-10(12)16(17)18/h4-6H,2-3H2,1H3. The van der Waals surface area contributed by atoms with Crippen molar-refractivity contribution in [3.63, 3.8) is 0 Å². The van der Waals surface area contributed by atoms with Crippen LogP contribution in [0.4, 0.5) is 5.69 Å². The molecular weight excluding hydrogens is 314 g/mol. The maximum Gasteiger partial charge on any atom is 0.312 e. The van der Waals surface area contributed by atoms with Crippen molar-refractivity contribution in [3.05, 3.63) is 38.5 Å². The Hall–Kier alpha value is -1.89. The molecular formula is C12H10BrN3O3. The van der Waals surface area contributed by atoms with Gasteiger partial charge in [-0.25, -0.2) is 0 Å². The van der Waals surface area contributed by atoms with Crippen LogP contribution in [0, 0.1) is 10.1 Å². The van der Waals surface area contributed by atoms with Crippen LogP contribution >= 0.6 is 15.9 Å². The summed E-state index contributed by atoms with van der Waals surface area (Å²) in [7, 11) is 1.83. The van der Waals surface area contributed by atoms with Gasteiger partial charge in [-0.3, -0.25) is 14.8 Å². The highest BCUT2D eigenvalue weighted by Gasteiger charge is 2.27. The minimum absolute atomic E-state index is 0.0390. The number of fused-ring (bicyclic) bond motifs is 3. The van der Waals surface area contributed by atoms with Crippen LogP contribution in [0.25, 0.3) is 11.3 Å². The van der Waals surface area contributed by atoms with E-state index >= 15 is 0 Å². The van der Waals surface area contributed by atoms with Crippen LogP contribution in [0.15, 0.2) is 22.8 Å². The van der Waals surface area contributed by atoms with E-state index in [1.54, 1.807) is 10.7 Å². The van der Waals surface area contributed by atoms with Gasteiger partial charge in [-0.1, -0.05) is 15.9 Å². The molecule has 0 saturated heterocycles. The molecule has 0 N–H and O–H groups in total. The molecule has 0 atom stereocenters. The fourth-order valence-corrected chi connectivity index (χ4v) is 2.70. The number of nitro benzene ring substituents is 1. The van der Waals surface area contributed by atoms with Gasteiger partial charge in [0.25, 0.3) is 0 Å². The number of hydrogen-bond acceptors (Lipinski definition) is 4. The van der Waals surface area contributed by atoms with Gasteiger partial charge in [0, 0.05) is 35.8 Å². The number of aryl methyl sites for hydroxylation is 1. The molecule has 98 valence electrons. The summed E-state index contributed by atoms with van der Waals surface area (Å²) in [6.45, 7) is 0.411. The summed E-state index contributed by atoms with van der Waals surface area (Å²) in [6, 6.07) is 3.26. The second-order valence-corrected chi connectivity index (χ2v) is 5.25. The van der Waals surface area contributed by atoms with E-state index in [1.807, 2.05) is 13.2 Å². The molecule has 0 bridgehead atoms. The third-order valence-electron chi connectivity index (χ3n) is 3.01. The summed E-state index contributed by atoms with van der Waals surface area (Å²) in [4.78, 5) is 10.7. The number of benzene rings is 1. The van der Waals surface area contributed by atoms with Crippen LogP contribution < -0.4 is 4.74 Å². The SMILES string of the molecule is Cn1cc2c(n1)-c1cc(Br)cc([N+](=O)[O-])c1OCC2. The van der Waals surface area contributed by atoms with Crippen molar-refractivity contribution in [1.82, 2.24) is 9.78 Å². The number of ether oxygens (including phenoxy) is 1. The number of nitrogens with zero attached hydrogens (tertiary/aromatic N) is 3. The van der Waals surface area contributed by atoms with E-state index in [2.05, 4.69) is 21.0 Å². The van der Waals surface area contributed by atoms with E-state index < -0.39 is 4.92 Å². The summed E-state index contributed by atoms with van der Waals surface area (Å²) in [5.74, 6) is 0.297. The van der Waals surface area contributed by atoms with Crippen molar-refractivity contribution in [2.45, 2.75) is 6.42 Å². The fourth-order valence-electron chi connectivity index (χ4n) is 2.25. The van der Waals surface area contributed by atoms with Crippen LogP contribution in [0.1, 0.15) is 5.56 Å². The quantitative estimate of drug-likeness (QED) is 0.597. The normalized spacial score (nSPS) is 13.2. The van der Waals surface area contributed by atoms with Gasteiger partial charge >= 0.3 is 5.69 Å². The number of aromatic nitrogens is 2. The number of rotatable bonds is 1. The Kier molecular flexibility index (Phi) is 2.78. The van der Waals surface area contributed by atoms with Crippen molar-refractivity contribution in [2.24, 2.45) is 7.05 Å². The first-order chi connectivity index (χ1) is 9.06. The largest absolute Gasteiger partial charge is 0.486 e. The second kappa shape index (κ2) is 4.34. The Morgan fingerprint density at radius 2 is 2.32 bits per heavy atom. The molecule has 1 aromatic carbocycles. The van der Waals surface area contributed by atoms with E-state index in [4.69, 9.17) is 4.74 Å². The van der Waals surface area contributed by atoms with Crippen molar-refractivity contribution in [2.75, 3.05) is 6.61 Å². The molecule has 0 fully saturated rings. The molecule has 1 aliphatic heterocycles. The van der Waals surface area contributed by atoms with E-state index in [0.29, 0.717) is 28.8 Å².